The van der Waals surface area contributed by atoms with Crippen LogP contribution < -0.4 is 5.32 Å². The molecule has 1 fully saturated rings. The van der Waals surface area contributed by atoms with Crippen LogP contribution in [-0.4, -0.2) is 30.6 Å². The standard InChI is InChI=1S/C12H19ClN2S/c1-3-14-10-6-7-15(8-10)9(2)11-4-5-12(13)16-11/h4-5,9-10,14H,3,6-8H2,1-2H3. The number of halogens is 1. The molecule has 1 aromatic rings. The second-order valence-corrected chi connectivity index (χ2v) is 6.10. The van der Waals surface area contributed by atoms with E-state index in [1.54, 1.807) is 11.3 Å². The van der Waals surface area contributed by atoms with Crippen molar-refractivity contribution in [2.45, 2.75) is 32.4 Å². The number of hydrogen-bond donors (Lipinski definition) is 1. The van der Waals surface area contributed by atoms with Crippen molar-refractivity contribution in [3.63, 3.8) is 0 Å². The first-order valence-electron chi connectivity index (χ1n) is 5.93. The van der Waals surface area contributed by atoms with E-state index >= 15 is 0 Å². The average Bonchev–Trinajstić information content (AvgIpc) is 2.87. The topological polar surface area (TPSA) is 15.3 Å². The quantitative estimate of drug-likeness (QED) is 0.893. The summed E-state index contributed by atoms with van der Waals surface area (Å²) < 4.78 is 0.893. The zero-order valence-corrected chi connectivity index (χ0v) is 11.4. The molecule has 2 heterocycles. The van der Waals surface area contributed by atoms with E-state index in [4.69, 9.17) is 11.6 Å². The summed E-state index contributed by atoms with van der Waals surface area (Å²) in [6.45, 7) is 7.86. The molecule has 0 saturated carbocycles. The molecule has 1 aliphatic heterocycles. The Kier molecular flexibility index (Phi) is 4.25. The molecule has 0 bridgehead atoms. The average molecular weight is 259 g/mol. The third-order valence-electron chi connectivity index (χ3n) is 3.27. The Bertz CT molecular complexity index is 340. The van der Waals surface area contributed by atoms with E-state index in [1.807, 2.05) is 6.07 Å². The zero-order chi connectivity index (χ0) is 11.5. The summed E-state index contributed by atoms with van der Waals surface area (Å²) in [5, 5.41) is 3.52. The number of nitrogens with zero attached hydrogens (tertiary/aromatic N) is 1. The monoisotopic (exact) mass is 258 g/mol. The first-order chi connectivity index (χ1) is 7.70. The SMILES string of the molecule is CCNC1CCN(C(C)c2ccc(Cl)s2)C1. The van der Waals surface area contributed by atoms with Crippen molar-refractivity contribution in [1.29, 1.82) is 0 Å². The van der Waals surface area contributed by atoms with Gasteiger partial charge in [0.2, 0.25) is 0 Å². The van der Waals surface area contributed by atoms with Crippen molar-refractivity contribution in [3.8, 4) is 0 Å². The molecule has 0 spiro atoms. The molecule has 0 amide bonds. The van der Waals surface area contributed by atoms with Gasteiger partial charge >= 0.3 is 0 Å². The van der Waals surface area contributed by atoms with Crippen LogP contribution in [-0.2, 0) is 0 Å². The van der Waals surface area contributed by atoms with Crippen molar-refractivity contribution in [3.05, 3.63) is 21.3 Å². The molecule has 2 rings (SSSR count). The molecule has 2 nitrogen and oxygen atoms in total. The highest BCUT2D eigenvalue weighted by Crippen LogP contribution is 2.31. The molecule has 4 heteroatoms. The van der Waals surface area contributed by atoms with Crippen molar-refractivity contribution in [1.82, 2.24) is 10.2 Å². The van der Waals surface area contributed by atoms with Gasteiger partial charge in [-0.05, 0) is 32.0 Å². The minimum atomic E-state index is 0.501. The lowest BCUT2D eigenvalue weighted by atomic mass is 10.2. The Morgan fingerprint density at radius 1 is 1.62 bits per heavy atom. The predicted molar refractivity (Wildman–Crippen MR) is 71.4 cm³/mol. The summed E-state index contributed by atoms with van der Waals surface area (Å²) in [6.07, 6.45) is 1.26. The van der Waals surface area contributed by atoms with Gasteiger partial charge in [-0.2, -0.15) is 0 Å². The summed E-state index contributed by atoms with van der Waals surface area (Å²) in [4.78, 5) is 3.91. The van der Waals surface area contributed by atoms with E-state index < -0.39 is 0 Å². The fraction of sp³-hybridized carbons (Fsp3) is 0.667. The summed E-state index contributed by atoms with van der Waals surface area (Å²) in [7, 11) is 0. The highest BCUT2D eigenvalue weighted by molar-refractivity contribution is 7.16. The highest BCUT2D eigenvalue weighted by atomic mass is 35.5. The van der Waals surface area contributed by atoms with Crippen molar-refractivity contribution < 1.29 is 0 Å². The number of likely N-dealkylation sites (tertiary alicyclic amines) is 1. The van der Waals surface area contributed by atoms with Crippen LogP contribution in [0.2, 0.25) is 4.34 Å². The summed E-state index contributed by atoms with van der Waals surface area (Å²) in [5.74, 6) is 0. The highest BCUT2D eigenvalue weighted by Gasteiger charge is 2.26. The van der Waals surface area contributed by atoms with Crippen molar-refractivity contribution in [2.24, 2.45) is 0 Å². The van der Waals surface area contributed by atoms with Gasteiger partial charge in [0.15, 0.2) is 0 Å². The van der Waals surface area contributed by atoms with Crippen LogP contribution in [0.5, 0.6) is 0 Å². The van der Waals surface area contributed by atoms with Crippen molar-refractivity contribution in [2.75, 3.05) is 19.6 Å². The number of rotatable bonds is 4. The van der Waals surface area contributed by atoms with Crippen LogP contribution >= 0.6 is 22.9 Å². The molecule has 1 aliphatic rings. The van der Waals surface area contributed by atoms with Gasteiger partial charge < -0.3 is 5.32 Å². The third kappa shape index (κ3) is 2.77. The molecule has 0 aliphatic carbocycles. The normalized spacial score (nSPS) is 23.8. The number of hydrogen-bond acceptors (Lipinski definition) is 3. The summed E-state index contributed by atoms with van der Waals surface area (Å²) >= 11 is 7.68. The molecule has 1 saturated heterocycles. The molecule has 16 heavy (non-hydrogen) atoms. The zero-order valence-electron chi connectivity index (χ0n) is 9.87. The van der Waals surface area contributed by atoms with Gasteiger partial charge in [-0.3, -0.25) is 4.90 Å². The lowest BCUT2D eigenvalue weighted by molar-refractivity contribution is 0.259. The summed E-state index contributed by atoms with van der Waals surface area (Å²) in [5.41, 5.74) is 0. The van der Waals surface area contributed by atoms with E-state index in [9.17, 15) is 0 Å². The molecule has 1 N–H and O–H groups in total. The first kappa shape index (κ1) is 12.4. The lowest BCUT2D eigenvalue weighted by Crippen LogP contribution is -2.33. The van der Waals surface area contributed by atoms with Gasteiger partial charge in [0, 0.05) is 30.1 Å². The van der Waals surface area contributed by atoms with Crippen LogP contribution in [0, 0.1) is 0 Å². The summed E-state index contributed by atoms with van der Waals surface area (Å²) in [6, 6.07) is 5.32. The molecular weight excluding hydrogens is 240 g/mol. The molecule has 2 atom stereocenters. The minimum absolute atomic E-state index is 0.501. The molecule has 0 radical (unpaired) electrons. The fourth-order valence-electron chi connectivity index (χ4n) is 2.33. The Morgan fingerprint density at radius 2 is 2.44 bits per heavy atom. The van der Waals surface area contributed by atoms with E-state index in [-0.39, 0.29) is 0 Å². The minimum Gasteiger partial charge on any atom is -0.313 e. The third-order valence-corrected chi connectivity index (χ3v) is 4.67. The number of nitrogens with one attached hydrogen (secondary N) is 1. The number of likely N-dealkylation sites (N-methyl/N-ethyl adjacent to an activating group) is 1. The van der Waals surface area contributed by atoms with Gasteiger partial charge in [0.05, 0.1) is 4.34 Å². The van der Waals surface area contributed by atoms with E-state index in [0.717, 1.165) is 17.4 Å². The van der Waals surface area contributed by atoms with Gasteiger partial charge in [0.1, 0.15) is 0 Å². The van der Waals surface area contributed by atoms with Gasteiger partial charge in [0.25, 0.3) is 0 Å². The maximum Gasteiger partial charge on any atom is 0.0931 e. The van der Waals surface area contributed by atoms with Gasteiger partial charge in [-0.15, -0.1) is 11.3 Å². The van der Waals surface area contributed by atoms with E-state index in [2.05, 4.69) is 30.1 Å². The van der Waals surface area contributed by atoms with Crippen molar-refractivity contribution >= 4 is 22.9 Å². The van der Waals surface area contributed by atoms with Crippen LogP contribution in [0.1, 0.15) is 31.2 Å². The Labute approximate surface area is 107 Å². The molecule has 1 aromatic heterocycles. The predicted octanol–water partition coefficient (Wildman–Crippen LogP) is 3.15. The van der Waals surface area contributed by atoms with Gasteiger partial charge in [-0.25, -0.2) is 0 Å². The maximum atomic E-state index is 5.98. The largest absolute Gasteiger partial charge is 0.313 e. The Hall–Kier alpha value is -0.0900. The van der Waals surface area contributed by atoms with Gasteiger partial charge in [-0.1, -0.05) is 18.5 Å². The first-order valence-corrected chi connectivity index (χ1v) is 7.12. The molecular formula is C12H19ClN2S. The second kappa shape index (κ2) is 5.50. The lowest BCUT2D eigenvalue weighted by Gasteiger charge is -2.23. The van der Waals surface area contributed by atoms with E-state index in [0.29, 0.717) is 12.1 Å². The fourth-order valence-corrected chi connectivity index (χ4v) is 3.47. The molecule has 2 unspecified atom stereocenters. The smallest absolute Gasteiger partial charge is 0.0931 e. The van der Waals surface area contributed by atoms with Crippen LogP contribution in [0.15, 0.2) is 12.1 Å². The molecule has 0 aromatic carbocycles. The van der Waals surface area contributed by atoms with Crippen LogP contribution in [0.25, 0.3) is 0 Å². The maximum absolute atomic E-state index is 5.98. The van der Waals surface area contributed by atoms with E-state index in [1.165, 1.54) is 17.8 Å². The Morgan fingerprint density at radius 3 is 3.06 bits per heavy atom. The second-order valence-electron chi connectivity index (χ2n) is 4.36. The van der Waals surface area contributed by atoms with Crippen LogP contribution in [0.4, 0.5) is 0 Å². The number of thiophene rings is 1. The van der Waals surface area contributed by atoms with Crippen LogP contribution in [0.3, 0.4) is 0 Å². The molecule has 90 valence electrons. The Balaban J connectivity index is 1.94.